The number of nitrogens with zero attached hydrogens (tertiary/aromatic N) is 4. The van der Waals surface area contributed by atoms with E-state index in [9.17, 15) is 8.78 Å². The Morgan fingerprint density at radius 1 is 1.10 bits per heavy atom. The highest BCUT2D eigenvalue weighted by Gasteiger charge is 2.26. The Morgan fingerprint density at radius 3 is 2.70 bits per heavy atom. The smallest absolute Gasteiger partial charge is 0.278 e. The van der Waals surface area contributed by atoms with E-state index in [2.05, 4.69) is 15.1 Å². The van der Waals surface area contributed by atoms with Crippen LogP contribution in [0.25, 0.3) is 23.0 Å². The Morgan fingerprint density at radius 2 is 1.93 bits per heavy atom. The molecule has 4 aromatic rings. The second kappa shape index (κ2) is 7.34. The lowest BCUT2D eigenvalue weighted by atomic mass is 10.1. The molecule has 0 saturated carbocycles. The summed E-state index contributed by atoms with van der Waals surface area (Å²) in [5.41, 5.74) is 2.66. The van der Waals surface area contributed by atoms with Crippen LogP contribution in [0.3, 0.4) is 0 Å². The lowest BCUT2D eigenvalue weighted by molar-refractivity contribution is 0.00328. The molecular formula is C21H16F2N4O3. The van der Waals surface area contributed by atoms with E-state index in [0.717, 1.165) is 29.1 Å². The van der Waals surface area contributed by atoms with Crippen molar-refractivity contribution in [3.8, 4) is 28.7 Å². The van der Waals surface area contributed by atoms with Crippen LogP contribution >= 0.6 is 0 Å². The minimum atomic E-state index is -0.976. The third-order valence-electron chi connectivity index (χ3n) is 5.02. The molecule has 0 spiro atoms. The fourth-order valence-corrected chi connectivity index (χ4v) is 3.40. The number of halogens is 2. The molecule has 3 heterocycles. The summed E-state index contributed by atoms with van der Waals surface area (Å²) in [6.07, 6.45) is 1.58. The molecule has 1 aliphatic heterocycles. The van der Waals surface area contributed by atoms with E-state index >= 15 is 0 Å². The molecule has 7 nitrogen and oxygen atoms in total. The van der Waals surface area contributed by atoms with Gasteiger partial charge in [-0.3, -0.25) is 0 Å². The van der Waals surface area contributed by atoms with Crippen molar-refractivity contribution in [1.29, 1.82) is 0 Å². The first-order valence-corrected chi connectivity index (χ1v) is 9.21. The molecule has 0 saturated heterocycles. The van der Waals surface area contributed by atoms with E-state index in [1.54, 1.807) is 13.4 Å². The maximum Gasteiger partial charge on any atom is 0.278 e. The number of aromatic nitrogens is 4. The molecule has 152 valence electrons. The first-order valence-electron chi connectivity index (χ1n) is 9.21. The van der Waals surface area contributed by atoms with Crippen molar-refractivity contribution >= 4 is 0 Å². The fraction of sp³-hybridized carbons (Fsp3) is 0.190. The maximum atomic E-state index is 13.5. The number of fused-ring (bicyclic) bond motifs is 1. The summed E-state index contributed by atoms with van der Waals surface area (Å²) in [5.74, 6) is -0.785. The molecule has 0 bridgehead atoms. The summed E-state index contributed by atoms with van der Waals surface area (Å²) in [7, 11) is 1.63. The summed E-state index contributed by atoms with van der Waals surface area (Å²) in [5, 5.41) is 3.86. The Labute approximate surface area is 169 Å². The zero-order valence-electron chi connectivity index (χ0n) is 15.9. The van der Waals surface area contributed by atoms with Gasteiger partial charge in [-0.1, -0.05) is 17.3 Å². The molecule has 0 N–H and O–H groups in total. The van der Waals surface area contributed by atoms with Crippen LogP contribution in [-0.2, 0) is 17.9 Å². The topological polar surface area (TPSA) is 75.2 Å². The van der Waals surface area contributed by atoms with Gasteiger partial charge in [0.05, 0.1) is 32.3 Å². The molecule has 2 aromatic heterocycles. The van der Waals surface area contributed by atoms with Crippen LogP contribution in [0.2, 0.25) is 0 Å². The predicted octanol–water partition coefficient (Wildman–Crippen LogP) is 4.16. The van der Waals surface area contributed by atoms with E-state index in [-0.39, 0.29) is 17.8 Å². The normalized spacial score (nSPS) is 15.8. The van der Waals surface area contributed by atoms with Crippen molar-refractivity contribution in [2.75, 3.05) is 7.11 Å². The minimum Gasteiger partial charge on any atom is -0.497 e. The Kier molecular flexibility index (Phi) is 4.51. The van der Waals surface area contributed by atoms with Gasteiger partial charge in [0.2, 0.25) is 5.82 Å². The summed E-state index contributed by atoms with van der Waals surface area (Å²) >= 11 is 0. The van der Waals surface area contributed by atoms with Gasteiger partial charge in [0, 0.05) is 5.56 Å². The van der Waals surface area contributed by atoms with Gasteiger partial charge < -0.3 is 18.6 Å². The van der Waals surface area contributed by atoms with Crippen LogP contribution in [0.15, 0.2) is 53.3 Å². The number of ether oxygens (including phenoxy) is 2. The zero-order valence-corrected chi connectivity index (χ0v) is 15.9. The third kappa shape index (κ3) is 3.22. The number of methoxy groups -OCH3 is 1. The number of hydrogen-bond donors (Lipinski definition) is 0. The van der Waals surface area contributed by atoms with E-state index in [0.29, 0.717) is 24.4 Å². The van der Waals surface area contributed by atoms with Gasteiger partial charge in [0.15, 0.2) is 17.3 Å². The van der Waals surface area contributed by atoms with Crippen molar-refractivity contribution in [3.63, 3.8) is 0 Å². The third-order valence-corrected chi connectivity index (χ3v) is 5.02. The molecule has 0 aliphatic carbocycles. The molecule has 1 atom stereocenters. The van der Waals surface area contributed by atoms with Gasteiger partial charge in [0.25, 0.3) is 5.89 Å². The van der Waals surface area contributed by atoms with Gasteiger partial charge >= 0.3 is 0 Å². The van der Waals surface area contributed by atoms with E-state index in [1.807, 2.05) is 28.8 Å². The Bertz CT molecular complexity index is 1200. The zero-order chi connectivity index (χ0) is 20.7. The van der Waals surface area contributed by atoms with Crippen LogP contribution in [0, 0.1) is 11.6 Å². The molecule has 1 aliphatic rings. The van der Waals surface area contributed by atoms with Crippen LogP contribution in [0.4, 0.5) is 8.78 Å². The number of hydrogen-bond acceptors (Lipinski definition) is 6. The standard InChI is InChI=1S/C21H16F2N4O3/c1-28-14-5-2-12(3-6-14)18-9-27-11-24-19(17(27)10-29-18)21-25-20(26-30-21)13-4-7-15(22)16(23)8-13/h2-8,11,18H,9-10H2,1H3/t18-/m1/s1. The van der Waals surface area contributed by atoms with Crippen LogP contribution in [0.5, 0.6) is 5.75 Å². The Hall–Kier alpha value is -3.59. The summed E-state index contributed by atoms with van der Waals surface area (Å²) in [6, 6.07) is 11.2. The van der Waals surface area contributed by atoms with Gasteiger partial charge in [-0.05, 0) is 35.9 Å². The van der Waals surface area contributed by atoms with Gasteiger partial charge in [-0.2, -0.15) is 4.98 Å². The lowest BCUT2D eigenvalue weighted by Gasteiger charge is -2.25. The highest BCUT2D eigenvalue weighted by molar-refractivity contribution is 5.59. The highest BCUT2D eigenvalue weighted by atomic mass is 19.2. The SMILES string of the molecule is COc1ccc([C@H]2Cn3cnc(-c4nc(-c5ccc(F)c(F)c5)no4)c3CO2)cc1. The number of benzene rings is 2. The average Bonchev–Trinajstić information content (AvgIpc) is 3.42. The molecule has 2 aromatic carbocycles. The van der Waals surface area contributed by atoms with Crippen molar-refractivity contribution in [1.82, 2.24) is 19.7 Å². The van der Waals surface area contributed by atoms with Gasteiger partial charge in [-0.15, -0.1) is 0 Å². The minimum absolute atomic E-state index is 0.120. The molecule has 30 heavy (non-hydrogen) atoms. The Balaban J connectivity index is 1.39. The maximum absolute atomic E-state index is 13.5. The summed E-state index contributed by atoms with van der Waals surface area (Å²) in [4.78, 5) is 8.68. The number of imidazole rings is 1. The quantitative estimate of drug-likeness (QED) is 0.503. The van der Waals surface area contributed by atoms with Crippen molar-refractivity contribution < 1.29 is 22.8 Å². The largest absolute Gasteiger partial charge is 0.497 e. The van der Waals surface area contributed by atoms with Crippen LogP contribution in [0.1, 0.15) is 17.4 Å². The molecular weight excluding hydrogens is 394 g/mol. The van der Waals surface area contributed by atoms with Crippen molar-refractivity contribution in [2.24, 2.45) is 0 Å². The molecule has 5 rings (SSSR count). The molecule has 0 fully saturated rings. The average molecular weight is 410 g/mol. The van der Waals surface area contributed by atoms with E-state index in [4.69, 9.17) is 14.0 Å². The number of rotatable bonds is 4. The summed E-state index contributed by atoms with van der Waals surface area (Å²) in [6.45, 7) is 0.897. The van der Waals surface area contributed by atoms with Gasteiger partial charge in [0.1, 0.15) is 11.9 Å². The first-order chi connectivity index (χ1) is 14.6. The van der Waals surface area contributed by atoms with E-state index < -0.39 is 11.6 Å². The monoisotopic (exact) mass is 410 g/mol. The van der Waals surface area contributed by atoms with Gasteiger partial charge in [-0.25, -0.2) is 13.8 Å². The first kappa shape index (κ1) is 18.4. The van der Waals surface area contributed by atoms with Crippen molar-refractivity contribution in [2.45, 2.75) is 19.3 Å². The molecule has 0 amide bonds. The molecule has 9 heteroatoms. The van der Waals surface area contributed by atoms with Crippen LogP contribution < -0.4 is 4.74 Å². The molecule has 0 unspecified atom stereocenters. The summed E-state index contributed by atoms with van der Waals surface area (Å²) < 4.78 is 45.2. The fourth-order valence-electron chi connectivity index (χ4n) is 3.40. The highest BCUT2D eigenvalue weighted by Crippen LogP contribution is 2.32. The second-order valence-corrected chi connectivity index (χ2v) is 6.82. The second-order valence-electron chi connectivity index (χ2n) is 6.82. The lowest BCUT2D eigenvalue weighted by Crippen LogP contribution is -2.20. The van der Waals surface area contributed by atoms with Crippen LogP contribution in [-0.4, -0.2) is 26.8 Å². The molecule has 0 radical (unpaired) electrons. The van der Waals surface area contributed by atoms with E-state index in [1.165, 1.54) is 6.07 Å². The van der Waals surface area contributed by atoms with Crippen molar-refractivity contribution in [3.05, 3.63) is 71.7 Å². The predicted molar refractivity (Wildman–Crippen MR) is 101 cm³/mol.